The molecule has 0 aromatic heterocycles. The second-order valence-electron chi connectivity index (χ2n) is 5.21. The summed E-state index contributed by atoms with van der Waals surface area (Å²) >= 11 is 0. The molecule has 0 unspecified atom stereocenters. The van der Waals surface area contributed by atoms with Crippen LogP contribution in [0.3, 0.4) is 0 Å². The molecule has 0 saturated heterocycles. The highest BCUT2D eigenvalue weighted by Gasteiger charge is 2.01. The lowest BCUT2D eigenvalue weighted by Crippen LogP contribution is -2.23. The molecule has 0 radical (unpaired) electrons. The molecule has 0 aliphatic heterocycles. The van der Waals surface area contributed by atoms with Crippen molar-refractivity contribution < 1.29 is 18.9 Å². The normalized spacial score (nSPS) is 11.1. The van der Waals surface area contributed by atoms with Crippen LogP contribution in [-0.4, -0.2) is 71.8 Å². The Hall–Kier alpha value is -1.18. The van der Waals surface area contributed by atoms with Gasteiger partial charge in [0.15, 0.2) is 0 Å². The van der Waals surface area contributed by atoms with Crippen LogP contribution < -0.4 is 10.5 Å². The van der Waals surface area contributed by atoms with E-state index >= 15 is 0 Å². The SMILES string of the molecule is COc1ccc(CN(C)CCOCCOCCOCCN)cc1. The Morgan fingerprint density at radius 3 is 2.00 bits per heavy atom. The number of nitrogens with zero attached hydrogens (tertiary/aromatic N) is 1. The predicted octanol–water partition coefficient (Wildman–Crippen LogP) is 1.14. The summed E-state index contributed by atoms with van der Waals surface area (Å²) in [5.74, 6) is 0.883. The van der Waals surface area contributed by atoms with E-state index in [4.69, 9.17) is 24.7 Å². The molecule has 1 rings (SSSR count). The van der Waals surface area contributed by atoms with Gasteiger partial charge in [-0.3, -0.25) is 4.90 Å². The van der Waals surface area contributed by atoms with Gasteiger partial charge < -0.3 is 24.7 Å². The zero-order valence-electron chi connectivity index (χ0n) is 14.3. The quantitative estimate of drug-likeness (QED) is 0.517. The molecule has 6 heteroatoms. The second-order valence-corrected chi connectivity index (χ2v) is 5.21. The molecule has 0 amide bonds. The van der Waals surface area contributed by atoms with Crippen molar-refractivity contribution in [2.45, 2.75) is 6.54 Å². The molecule has 0 heterocycles. The monoisotopic (exact) mass is 326 g/mol. The lowest BCUT2D eigenvalue weighted by molar-refractivity contribution is 0.0126. The van der Waals surface area contributed by atoms with Crippen molar-refractivity contribution in [3.8, 4) is 5.75 Å². The Morgan fingerprint density at radius 1 is 0.870 bits per heavy atom. The van der Waals surface area contributed by atoms with Crippen molar-refractivity contribution in [2.75, 3.05) is 66.9 Å². The van der Waals surface area contributed by atoms with Gasteiger partial charge in [0.2, 0.25) is 0 Å². The van der Waals surface area contributed by atoms with E-state index in [0.717, 1.165) is 18.8 Å². The first-order chi connectivity index (χ1) is 11.3. The van der Waals surface area contributed by atoms with Crippen molar-refractivity contribution in [3.05, 3.63) is 29.8 Å². The van der Waals surface area contributed by atoms with E-state index < -0.39 is 0 Å². The van der Waals surface area contributed by atoms with Crippen molar-refractivity contribution >= 4 is 0 Å². The maximum atomic E-state index is 5.56. The van der Waals surface area contributed by atoms with Crippen molar-refractivity contribution in [1.82, 2.24) is 4.90 Å². The van der Waals surface area contributed by atoms with E-state index in [1.54, 1.807) is 7.11 Å². The van der Waals surface area contributed by atoms with Crippen LogP contribution in [0.4, 0.5) is 0 Å². The summed E-state index contributed by atoms with van der Waals surface area (Å²) in [6.07, 6.45) is 0. The molecule has 132 valence electrons. The van der Waals surface area contributed by atoms with Gasteiger partial charge in [-0.2, -0.15) is 0 Å². The van der Waals surface area contributed by atoms with Gasteiger partial charge in [0.25, 0.3) is 0 Å². The molecule has 0 bridgehead atoms. The summed E-state index contributed by atoms with van der Waals surface area (Å²) in [5.41, 5.74) is 6.57. The van der Waals surface area contributed by atoms with Gasteiger partial charge in [-0.05, 0) is 24.7 Å². The van der Waals surface area contributed by atoms with E-state index in [1.165, 1.54) is 5.56 Å². The fourth-order valence-electron chi connectivity index (χ4n) is 1.97. The van der Waals surface area contributed by atoms with Crippen LogP contribution in [0.25, 0.3) is 0 Å². The van der Waals surface area contributed by atoms with Crippen LogP contribution in [0.1, 0.15) is 5.56 Å². The smallest absolute Gasteiger partial charge is 0.118 e. The number of nitrogens with two attached hydrogens (primary N) is 1. The zero-order chi connectivity index (χ0) is 16.8. The Kier molecular flexibility index (Phi) is 11.5. The van der Waals surface area contributed by atoms with Crippen LogP contribution in [-0.2, 0) is 20.8 Å². The van der Waals surface area contributed by atoms with E-state index in [0.29, 0.717) is 46.2 Å². The Balaban J connectivity index is 1.96. The maximum Gasteiger partial charge on any atom is 0.118 e. The van der Waals surface area contributed by atoms with Gasteiger partial charge in [-0.25, -0.2) is 0 Å². The third kappa shape index (κ3) is 10.3. The summed E-state index contributed by atoms with van der Waals surface area (Å²) < 4.78 is 21.3. The minimum absolute atomic E-state index is 0.549. The number of hydrogen-bond acceptors (Lipinski definition) is 6. The van der Waals surface area contributed by atoms with Gasteiger partial charge in [0.05, 0.1) is 46.8 Å². The van der Waals surface area contributed by atoms with Gasteiger partial charge in [0, 0.05) is 19.6 Å². The third-order valence-electron chi connectivity index (χ3n) is 3.24. The minimum atomic E-state index is 0.549. The maximum absolute atomic E-state index is 5.56. The summed E-state index contributed by atoms with van der Waals surface area (Å²) in [6, 6.07) is 8.12. The summed E-state index contributed by atoms with van der Waals surface area (Å²) in [4.78, 5) is 2.23. The first-order valence-corrected chi connectivity index (χ1v) is 8.01. The van der Waals surface area contributed by atoms with Gasteiger partial charge in [-0.15, -0.1) is 0 Å². The molecule has 23 heavy (non-hydrogen) atoms. The molecule has 1 aromatic rings. The highest BCUT2D eigenvalue weighted by Crippen LogP contribution is 2.12. The molecular weight excluding hydrogens is 296 g/mol. The molecule has 0 saturated carbocycles. The summed E-state index contributed by atoms with van der Waals surface area (Å²) in [7, 11) is 3.76. The average molecular weight is 326 g/mol. The number of hydrogen-bond donors (Lipinski definition) is 1. The fraction of sp³-hybridized carbons (Fsp3) is 0.647. The lowest BCUT2D eigenvalue weighted by Gasteiger charge is -2.17. The Morgan fingerprint density at radius 2 is 1.43 bits per heavy atom. The van der Waals surface area contributed by atoms with Crippen LogP contribution in [0, 0.1) is 0 Å². The Labute approximate surface area is 139 Å². The number of benzene rings is 1. The summed E-state index contributed by atoms with van der Waals surface area (Å²) in [5, 5.41) is 0. The van der Waals surface area contributed by atoms with Gasteiger partial charge in [0.1, 0.15) is 5.75 Å². The molecule has 0 atom stereocenters. The molecular formula is C17H30N2O4. The average Bonchev–Trinajstić information content (AvgIpc) is 2.57. The molecule has 0 spiro atoms. The third-order valence-corrected chi connectivity index (χ3v) is 3.24. The van der Waals surface area contributed by atoms with E-state index in [1.807, 2.05) is 12.1 Å². The number of ether oxygens (including phenoxy) is 4. The molecule has 0 fully saturated rings. The van der Waals surface area contributed by atoms with Crippen LogP contribution in [0.2, 0.25) is 0 Å². The van der Waals surface area contributed by atoms with E-state index in [9.17, 15) is 0 Å². The molecule has 6 nitrogen and oxygen atoms in total. The first kappa shape index (κ1) is 19.9. The lowest BCUT2D eigenvalue weighted by atomic mass is 10.2. The predicted molar refractivity (Wildman–Crippen MR) is 90.8 cm³/mol. The molecule has 2 N–H and O–H groups in total. The summed E-state index contributed by atoms with van der Waals surface area (Å²) in [6.45, 7) is 5.96. The van der Waals surface area contributed by atoms with Crippen LogP contribution in [0.5, 0.6) is 5.75 Å². The second kappa shape index (κ2) is 13.3. The number of rotatable bonds is 14. The fourth-order valence-corrected chi connectivity index (χ4v) is 1.97. The minimum Gasteiger partial charge on any atom is -0.497 e. The highest BCUT2D eigenvalue weighted by atomic mass is 16.5. The largest absolute Gasteiger partial charge is 0.497 e. The van der Waals surface area contributed by atoms with Gasteiger partial charge >= 0.3 is 0 Å². The Bertz CT molecular complexity index is 387. The highest BCUT2D eigenvalue weighted by molar-refractivity contribution is 5.26. The topological polar surface area (TPSA) is 66.2 Å². The molecule has 0 aliphatic carbocycles. The van der Waals surface area contributed by atoms with Crippen molar-refractivity contribution in [1.29, 1.82) is 0 Å². The van der Waals surface area contributed by atoms with Crippen LogP contribution >= 0.6 is 0 Å². The van der Waals surface area contributed by atoms with Crippen LogP contribution in [0.15, 0.2) is 24.3 Å². The standard InChI is InChI=1S/C17H30N2O4/c1-19(15-16-3-5-17(20-2)6-4-16)8-10-22-12-14-23-13-11-21-9-7-18/h3-6H,7-15,18H2,1-2H3. The van der Waals surface area contributed by atoms with E-state index in [2.05, 4.69) is 24.1 Å². The number of methoxy groups -OCH3 is 1. The molecule has 1 aromatic carbocycles. The zero-order valence-corrected chi connectivity index (χ0v) is 14.3. The van der Waals surface area contributed by atoms with Crippen molar-refractivity contribution in [2.24, 2.45) is 5.73 Å². The molecule has 0 aliphatic rings. The number of likely N-dealkylation sites (N-methyl/N-ethyl adjacent to an activating group) is 1. The van der Waals surface area contributed by atoms with Gasteiger partial charge in [-0.1, -0.05) is 12.1 Å². The van der Waals surface area contributed by atoms with Crippen molar-refractivity contribution in [3.63, 3.8) is 0 Å². The first-order valence-electron chi connectivity index (χ1n) is 8.01. The van der Waals surface area contributed by atoms with E-state index in [-0.39, 0.29) is 0 Å².